The summed E-state index contributed by atoms with van der Waals surface area (Å²) in [4.78, 5) is 30.3. The van der Waals surface area contributed by atoms with Crippen LogP contribution in [0.4, 0.5) is 19.4 Å². The topological polar surface area (TPSA) is 99.7 Å². The van der Waals surface area contributed by atoms with Gasteiger partial charge in [-0.05, 0) is 12.5 Å². The summed E-state index contributed by atoms with van der Waals surface area (Å²) in [5.74, 6) is 0.541. The van der Waals surface area contributed by atoms with Crippen LogP contribution in [0.3, 0.4) is 0 Å². The van der Waals surface area contributed by atoms with Crippen LogP contribution in [-0.2, 0) is 22.5 Å². The molecule has 4 heterocycles. The van der Waals surface area contributed by atoms with Gasteiger partial charge in [0.05, 0.1) is 6.54 Å². The zero-order valence-corrected chi connectivity index (χ0v) is 15.7. The fourth-order valence-corrected chi connectivity index (χ4v) is 4.43. The van der Waals surface area contributed by atoms with E-state index < -0.39 is 18.6 Å². The number of hydrogen-bond donors (Lipinski definition) is 1. The summed E-state index contributed by atoms with van der Waals surface area (Å²) in [5.41, 5.74) is 5.34. The van der Waals surface area contributed by atoms with Crippen molar-refractivity contribution < 1.29 is 27.8 Å². The zero-order valence-electron chi connectivity index (χ0n) is 14.9. The highest BCUT2D eigenvalue weighted by Gasteiger charge is 2.42. The molecule has 0 bridgehead atoms. The fraction of sp³-hybridized carbons (Fsp3) is 0.471. The van der Waals surface area contributed by atoms with Crippen LogP contribution in [0.25, 0.3) is 10.7 Å². The molecule has 2 amide bonds. The number of nitrogens with zero attached hydrogens (tertiary/aromatic N) is 3. The predicted molar refractivity (Wildman–Crippen MR) is 96.7 cm³/mol. The summed E-state index contributed by atoms with van der Waals surface area (Å²) in [6.45, 7) is 2.19. The minimum atomic E-state index is -2.74. The van der Waals surface area contributed by atoms with Gasteiger partial charge in [-0.2, -0.15) is 0 Å². The van der Waals surface area contributed by atoms with Crippen molar-refractivity contribution >= 4 is 29.2 Å². The summed E-state index contributed by atoms with van der Waals surface area (Å²) in [6, 6.07) is 0.480. The number of anilines is 1. The number of alkyl halides is 2. The predicted octanol–water partition coefficient (Wildman–Crippen LogP) is 2.26. The van der Waals surface area contributed by atoms with E-state index in [1.54, 1.807) is 17.7 Å². The third kappa shape index (κ3) is 3.19. The van der Waals surface area contributed by atoms with Gasteiger partial charge in [-0.1, -0.05) is 6.92 Å². The lowest BCUT2D eigenvalue weighted by Crippen LogP contribution is -2.38. The van der Waals surface area contributed by atoms with Crippen molar-refractivity contribution in [2.45, 2.75) is 32.4 Å². The molecule has 0 aliphatic carbocycles. The number of amides is 2. The molecule has 2 aliphatic rings. The van der Waals surface area contributed by atoms with E-state index in [1.807, 2.05) is 6.07 Å². The van der Waals surface area contributed by atoms with Gasteiger partial charge in [0.2, 0.25) is 5.91 Å². The first-order valence-electron chi connectivity index (χ1n) is 8.71. The number of carbonyl (C=O) groups excluding carboxylic acids is 2. The minimum absolute atomic E-state index is 0.121. The molecule has 0 saturated carbocycles. The largest absolute Gasteiger partial charge is 0.490 e. The Morgan fingerprint density at radius 1 is 1.46 bits per heavy atom. The van der Waals surface area contributed by atoms with Gasteiger partial charge in [-0.25, -0.2) is 23.5 Å². The summed E-state index contributed by atoms with van der Waals surface area (Å²) < 4.78 is 38.8. The second-order valence-corrected chi connectivity index (χ2v) is 7.86. The Labute approximate surface area is 162 Å². The lowest BCUT2D eigenvalue weighted by atomic mass is 10.1. The first kappa shape index (κ1) is 18.7. The molecule has 2 atom stereocenters. The van der Waals surface area contributed by atoms with Crippen LogP contribution in [0, 0.1) is 5.92 Å². The Balaban J connectivity index is 1.69. The van der Waals surface area contributed by atoms with Crippen molar-refractivity contribution in [2.24, 2.45) is 11.7 Å². The van der Waals surface area contributed by atoms with Gasteiger partial charge in [0.15, 0.2) is 11.6 Å². The highest BCUT2D eigenvalue weighted by molar-refractivity contribution is 7.15. The van der Waals surface area contributed by atoms with Gasteiger partial charge >= 0.3 is 6.09 Å². The number of aromatic nitrogens is 2. The van der Waals surface area contributed by atoms with E-state index >= 15 is 0 Å². The van der Waals surface area contributed by atoms with E-state index in [1.165, 1.54) is 11.3 Å². The second kappa shape index (κ2) is 7.04. The minimum Gasteiger partial charge on any atom is -0.490 e. The maximum atomic E-state index is 13.3. The summed E-state index contributed by atoms with van der Waals surface area (Å²) >= 11 is 1.40. The first-order valence-corrected chi connectivity index (χ1v) is 9.53. The van der Waals surface area contributed by atoms with Crippen molar-refractivity contribution in [1.82, 2.24) is 9.55 Å². The smallest absolute Gasteiger partial charge is 0.416 e. The summed E-state index contributed by atoms with van der Waals surface area (Å²) in [6.07, 6.45) is -1.55. The number of nitrogens with two attached hydrogens (primary N) is 1. The van der Waals surface area contributed by atoms with Crippen molar-refractivity contribution in [1.29, 1.82) is 0 Å². The van der Waals surface area contributed by atoms with E-state index in [0.717, 1.165) is 14.7 Å². The number of thiophene rings is 1. The average molecular weight is 412 g/mol. The monoisotopic (exact) mass is 412 g/mol. The van der Waals surface area contributed by atoms with Crippen LogP contribution >= 0.6 is 11.3 Å². The molecule has 4 rings (SSSR count). The molecule has 0 unspecified atom stereocenters. The van der Waals surface area contributed by atoms with Crippen molar-refractivity contribution in [3.05, 3.63) is 17.1 Å². The molecule has 28 heavy (non-hydrogen) atoms. The molecular formula is C17H18F2N4O4S. The van der Waals surface area contributed by atoms with E-state index in [9.17, 15) is 18.4 Å². The van der Waals surface area contributed by atoms with Crippen molar-refractivity contribution in [3.63, 3.8) is 0 Å². The number of imidazole rings is 1. The molecule has 8 nitrogen and oxygen atoms in total. The van der Waals surface area contributed by atoms with Gasteiger partial charge < -0.3 is 19.8 Å². The lowest BCUT2D eigenvalue weighted by molar-refractivity contribution is -0.121. The molecule has 2 aromatic rings. The molecule has 2 aromatic heterocycles. The molecule has 1 fully saturated rings. The third-order valence-electron chi connectivity index (χ3n) is 4.74. The molecule has 11 heteroatoms. The van der Waals surface area contributed by atoms with E-state index in [4.69, 9.17) is 15.2 Å². The highest BCUT2D eigenvalue weighted by atomic mass is 32.1. The SMILES string of the molecule is C[C@H](Cc1cc2c(s1)-c1nc(N3C(=O)OC[C@H]3C(F)F)cn1CCO2)C(N)=O. The van der Waals surface area contributed by atoms with E-state index in [0.29, 0.717) is 31.1 Å². The Morgan fingerprint density at radius 2 is 2.25 bits per heavy atom. The number of cyclic esters (lactones) is 1. The van der Waals surface area contributed by atoms with Crippen molar-refractivity contribution in [2.75, 3.05) is 18.1 Å². The molecule has 150 valence electrons. The average Bonchev–Trinajstić information content (AvgIpc) is 3.30. The Morgan fingerprint density at radius 3 is 2.96 bits per heavy atom. The maximum Gasteiger partial charge on any atom is 0.416 e. The van der Waals surface area contributed by atoms with E-state index in [-0.39, 0.29) is 24.2 Å². The van der Waals surface area contributed by atoms with Crippen LogP contribution in [0.1, 0.15) is 11.8 Å². The van der Waals surface area contributed by atoms with Gasteiger partial charge in [0.25, 0.3) is 6.43 Å². The molecule has 2 N–H and O–H groups in total. The van der Waals surface area contributed by atoms with Crippen LogP contribution in [0.2, 0.25) is 0 Å². The molecule has 0 radical (unpaired) electrons. The second-order valence-electron chi connectivity index (χ2n) is 6.73. The number of fused-ring (bicyclic) bond motifs is 3. The van der Waals surface area contributed by atoms with Crippen LogP contribution in [0.15, 0.2) is 12.3 Å². The standard InChI is InChI=1S/C17H18F2N4O4S/c1-8(15(20)24)4-9-5-11-13(28-9)16-21-12(6-22(16)2-3-26-11)23-10(14(18)19)7-27-17(23)25/h5-6,8,10,14H,2-4,7H2,1H3,(H2,20,24)/t8-,10+/m1/s1. The number of ether oxygens (including phenoxy) is 2. The van der Waals surface area contributed by atoms with Crippen LogP contribution in [0.5, 0.6) is 5.75 Å². The molecule has 1 saturated heterocycles. The van der Waals surface area contributed by atoms with Crippen LogP contribution in [-0.4, -0.2) is 47.2 Å². The summed E-state index contributed by atoms with van der Waals surface area (Å²) in [7, 11) is 0. The Hall–Kier alpha value is -2.69. The number of rotatable bonds is 5. The Bertz CT molecular complexity index is 928. The van der Waals surface area contributed by atoms with Crippen molar-refractivity contribution in [3.8, 4) is 16.5 Å². The van der Waals surface area contributed by atoms with Crippen LogP contribution < -0.4 is 15.4 Å². The van der Waals surface area contributed by atoms with Gasteiger partial charge in [-0.15, -0.1) is 11.3 Å². The third-order valence-corrected chi connectivity index (χ3v) is 5.88. The van der Waals surface area contributed by atoms with Gasteiger partial charge in [0.1, 0.15) is 29.9 Å². The molecular weight excluding hydrogens is 394 g/mol. The van der Waals surface area contributed by atoms with E-state index in [2.05, 4.69) is 4.98 Å². The summed E-state index contributed by atoms with van der Waals surface area (Å²) in [5, 5.41) is 0. The first-order chi connectivity index (χ1) is 13.3. The molecule has 2 aliphatic heterocycles. The maximum absolute atomic E-state index is 13.3. The number of carbonyl (C=O) groups is 2. The number of primary amides is 1. The quantitative estimate of drug-likeness (QED) is 0.812. The fourth-order valence-electron chi connectivity index (χ4n) is 3.20. The Kier molecular flexibility index (Phi) is 4.69. The lowest BCUT2D eigenvalue weighted by Gasteiger charge is -2.17. The molecule has 0 spiro atoms. The zero-order chi connectivity index (χ0) is 20.0. The molecule has 0 aromatic carbocycles. The van der Waals surface area contributed by atoms with Gasteiger partial charge in [-0.3, -0.25) is 4.79 Å². The normalized spacial score (nSPS) is 19.6. The highest BCUT2D eigenvalue weighted by Crippen LogP contribution is 2.41. The number of halogens is 2. The van der Waals surface area contributed by atoms with Gasteiger partial charge in [0, 0.05) is 17.0 Å². The number of hydrogen-bond acceptors (Lipinski definition) is 6.